The van der Waals surface area contributed by atoms with E-state index in [1.165, 1.54) is 82.0 Å². The summed E-state index contributed by atoms with van der Waals surface area (Å²) in [5.74, 6) is 1.98. The van der Waals surface area contributed by atoms with Crippen molar-refractivity contribution in [2.24, 2.45) is 0 Å². The first-order valence-corrected chi connectivity index (χ1v) is 23.2. The maximum atomic E-state index is 5.02. The molecule has 0 aliphatic rings. The average Bonchev–Trinajstić information content (AvgIpc) is 3.75. The predicted octanol–water partition coefficient (Wildman–Crippen LogP) is 16.7. The first-order chi connectivity index (χ1) is 33.6. The molecule has 2 aromatic heterocycles. The number of rotatable bonds is 7. The number of fused-ring (bicyclic) bond motifs is 9. The summed E-state index contributed by atoms with van der Waals surface area (Å²) in [6.45, 7) is 1.93. The van der Waals surface area contributed by atoms with E-state index in [4.69, 9.17) is 15.0 Å². The molecule has 2 heterocycles. The van der Waals surface area contributed by atoms with Gasteiger partial charge in [-0.3, -0.25) is 0 Å². The Balaban J connectivity index is 0.838. The van der Waals surface area contributed by atoms with Crippen LogP contribution in [0.3, 0.4) is 0 Å². The van der Waals surface area contributed by atoms with E-state index in [2.05, 4.69) is 235 Å². The van der Waals surface area contributed by atoms with Crippen molar-refractivity contribution in [1.29, 1.82) is 0 Å². The number of para-hydroxylation sites is 1. The molecule has 0 radical (unpaired) electrons. The van der Waals surface area contributed by atoms with Crippen molar-refractivity contribution in [2.75, 3.05) is 0 Å². The summed E-state index contributed by atoms with van der Waals surface area (Å²) in [6, 6.07) is 85.3. The van der Waals surface area contributed by atoms with E-state index in [0.717, 1.165) is 33.4 Å². The van der Waals surface area contributed by atoms with Gasteiger partial charge in [0.1, 0.15) is 5.82 Å². The lowest BCUT2D eigenvalue weighted by atomic mass is 9.91. The zero-order valence-electron chi connectivity index (χ0n) is 37.3. The van der Waals surface area contributed by atoms with Crippen molar-refractivity contribution in [3.05, 3.63) is 242 Å². The van der Waals surface area contributed by atoms with Crippen LogP contribution >= 0.6 is 0 Å². The molecule has 4 nitrogen and oxygen atoms in total. The zero-order valence-corrected chi connectivity index (χ0v) is 37.3. The molecule has 0 saturated carbocycles. The quantitative estimate of drug-likeness (QED) is 0.150. The van der Waals surface area contributed by atoms with Crippen molar-refractivity contribution in [3.63, 3.8) is 0 Å². The van der Waals surface area contributed by atoms with Gasteiger partial charge in [-0.05, 0) is 132 Å². The van der Waals surface area contributed by atoms with E-state index >= 15 is 0 Å². The van der Waals surface area contributed by atoms with Gasteiger partial charge in [0.05, 0.1) is 11.0 Å². The summed E-state index contributed by atoms with van der Waals surface area (Å²) in [7, 11) is 0. The van der Waals surface area contributed by atoms with E-state index in [-0.39, 0.29) is 0 Å². The average molecular weight is 867 g/mol. The highest BCUT2D eigenvalue weighted by Crippen LogP contribution is 2.40. The Kier molecular flexibility index (Phi) is 9.36. The maximum Gasteiger partial charge on any atom is 0.163 e. The number of nitrogens with zero attached hydrogens (tertiary/aromatic N) is 4. The second-order valence-electron chi connectivity index (χ2n) is 17.6. The topological polar surface area (TPSA) is 43.6 Å². The highest BCUT2D eigenvalue weighted by atomic mass is 15.0. The number of aromatic nitrogens is 4. The summed E-state index contributed by atoms with van der Waals surface area (Å²) >= 11 is 0. The van der Waals surface area contributed by atoms with Crippen LogP contribution in [0.1, 0.15) is 5.82 Å². The molecule has 0 aliphatic carbocycles. The second kappa shape index (κ2) is 16.2. The monoisotopic (exact) mass is 866 g/mol. The Morgan fingerprint density at radius 3 is 1.31 bits per heavy atom. The van der Waals surface area contributed by atoms with Gasteiger partial charge in [-0.2, -0.15) is 0 Å². The molecule has 318 valence electrons. The van der Waals surface area contributed by atoms with Gasteiger partial charge in [-0.15, -0.1) is 0 Å². The maximum absolute atomic E-state index is 5.02. The lowest BCUT2D eigenvalue weighted by Crippen LogP contribution is -2.00. The largest absolute Gasteiger partial charge is 0.309 e. The fourth-order valence-electron chi connectivity index (χ4n) is 10.2. The summed E-state index contributed by atoms with van der Waals surface area (Å²) in [4.78, 5) is 14.6. The molecule has 0 spiro atoms. The number of hydrogen-bond acceptors (Lipinski definition) is 3. The highest BCUT2D eigenvalue weighted by molar-refractivity contribution is 6.25. The first kappa shape index (κ1) is 39.4. The zero-order chi connectivity index (χ0) is 45.1. The van der Waals surface area contributed by atoms with Gasteiger partial charge < -0.3 is 4.57 Å². The van der Waals surface area contributed by atoms with Gasteiger partial charge in [-0.25, -0.2) is 15.0 Å². The minimum absolute atomic E-state index is 0.648. The number of benzene rings is 11. The predicted molar refractivity (Wildman–Crippen MR) is 284 cm³/mol. The lowest BCUT2D eigenvalue weighted by Gasteiger charge is -2.13. The number of aryl methyl sites for hydroxylation is 1. The van der Waals surface area contributed by atoms with Crippen molar-refractivity contribution >= 4 is 54.1 Å². The lowest BCUT2D eigenvalue weighted by molar-refractivity contribution is 0.991. The molecular weight excluding hydrogens is 825 g/mol. The molecule has 0 bridgehead atoms. The Morgan fingerprint density at radius 1 is 0.250 bits per heavy atom. The Morgan fingerprint density at radius 2 is 0.662 bits per heavy atom. The van der Waals surface area contributed by atoms with Crippen molar-refractivity contribution in [3.8, 4) is 73.0 Å². The molecule has 11 aromatic carbocycles. The van der Waals surface area contributed by atoms with Crippen molar-refractivity contribution in [1.82, 2.24) is 19.5 Å². The molecule has 0 N–H and O–H groups in total. The molecule has 0 fully saturated rings. The van der Waals surface area contributed by atoms with Crippen LogP contribution < -0.4 is 0 Å². The van der Waals surface area contributed by atoms with Gasteiger partial charge >= 0.3 is 0 Å². The summed E-state index contributed by atoms with van der Waals surface area (Å²) in [6.07, 6.45) is 0. The molecular formula is C64H42N4. The summed E-state index contributed by atoms with van der Waals surface area (Å²) in [5, 5.41) is 10.1. The Hall–Kier alpha value is -8.99. The Bertz CT molecular complexity index is 4060. The molecule has 0 atom stereocenters. The van der Waals surface area contributed by atoms with Gasteiger partial charge in [-0.1, -0.05) is 188 Å². The minimum Gasteiger partial charge on any atom is -0.309 e. The van der Waals surface area contributed by atoms with Crippen LogP contribution in [0.25, 0.3) is 127 Å². The molecule has 0 amide bonds. The van der Waals surface area contributed by atoms with Crippen LogP contribution in [0.2, 0.25) is 0 Å². The van der Waals surface area contributed by atoms with Crippen LogP contribution in [0.5, 0.6) is 0 Å². The molecule has 0 aliphatic heterocycles. The fourth-order valence-corrected chi connectivity index (χ4v) is 10.2. The van der Waals surface area contributed by atoms with E-state index < -0.39 is 0 Å². The molecule has 13 aromatic rings. The molecule has 13 rings (SSSR count). The fraction of sp³-hybridized carbons (Fsp3) is 0.0156. The van der Waals surface area contributed by atoms with Gasteiger partial charge in [0.2, 0.25) is 0 Å². The van der Waals surface area contributed by atoms with Crippen molar-refractivity contribution < 1.29 is 0 Å². The molecule has 4 heteroatoms. The van der Waals surface area contributed by atoms with Crippen LogP contribution in [0.4, 0.5) is 0 Å². The van der Waals surface area contributed by atoms with E-state index in [1.807, 2.05) is 13.0 Å². The third-order valence-electron chi connectivity index (χ3n) is 13.5. The van der Waals surface area contributed by atoms with Crippen molar-refractivity contribution in [2.45, 2.75) is 6.92 Å². The Labute approximate surface area is 394 Å². The van der Waals surface area contributed by atoms with Crippen LogP contribution in [0.15, 0.2) is 237 Å². The van der Waals surface area contributed by atoms with Gasteiger partial charge in [0.25, 0.3) is 0 Å². The van der Waals surface area contributed by atoms with E-state index in [1.54, 1.807) is 0 Å². The second-order valence-corrected chi connectivity index (χ2v) is 17.6. The summed E-state index contributed by atoms with van der Waals surface area (Å²) < 4.78 is 2.36. The highest BCUT2D eigenvalue weighted by Gasteiger charge is 2.17. The third kappa shape index (κ3) is 6.81. The van der Waals surface area contributed by atoms with E-state index in [9.17, 15) is 0 Å². The van der Waals surface area contributed by atoms with E-state index in [0.29, 0.717) is 17.5 Å². The normalized spacial score (nSPS) is 11.6. The first-order valence-electron chi connectivity index (χ1n) is 23.2. The van der Waals surface area contributed by atoms with Crippen LogP contribution in [-0.4, -0.2) is 19.5 Å². The van der Waals surface area contributed by atoms with Gasteiger partial charge in [0.15, 0.2) is 11.6 Å². The number of hydrogen-bond donors (Lipinski definition) is 0. The van der Waals surface area contributed by atoms with Crippen LogP contribution in [-0.2, 0) is 0 Å². The van der Waals surface area contributed by atoms with Gasteiger partial charge in [0, 0.05) is 27.6 Å². The molecule has 0 saturated heterocycles. The standard InChI is InChI=1S/C64H42N4/c1-41-65-63(44-30-28-43(29-31-44)42-14-3-2-4-15-42)67-64(66-41)51-20-13-21-52(38-51)68-61-27-10-9-26-58(61)60-40-50(33-35-62(60)68)48-19-12-17-46(37-48)45-16-11-18-47(36-45)49-32-34-57-55-24-6-5-22-53(55)54-23-7-8-25-56(54)59(57)39-49/h2-40H,1H3. The minimum atomic E-state index is 0.648. The molecule has 68 heavy (non-hydrogen) atoms. The van der Waals surface area contributed by atoms with Crippen LogP contribution in [0, 0.1) is 6.92 Å². The SMILES string of the molecule is Cc1nc(-c2ccc(-c3ccccc3)cc2)nc(-c2cccc(-n3c4ccccc4c4cc(-c5cccc(-c6cccc(-c7ccc8c9ccccc9c9ccccc9c8c7)c6)c5)ccc43)c2)n1. The smallest absolute Gasteiger partial charge is 0.163 e. The third-order valence-corrected chi connectivity index (χ3v) is 13.5. The summed E-state index contributed by atoms with van der Waals surface area (Å²) in [5.41, 5.74) is 14.7. The molecule has 0 unspecified atom stereocenters.